The number of hydrogen-bond acceptors (Lipinski definition) is 1. The summed E-state index contributed by atoms with van der Waals surface area (Å²) in [5.74, 6) is 5.95. The van der Waals surface area contributed by atoms with Gasteiger partial charge in [-0.15, -0.1) is 0 Å². The smallest absolute Gasteiger partial charge is 0.0880 e. The Hall–Kier alpha value is -1.91. The van der Waals surface area contributed by atoms with Gasteiger partial charge in [-0.25, -0.2) is 0 Å². The third kappa shape index (κ3) is 2.56. The molecule has 0 amide bonds. The molecule has 1 aromatic carbocycles. The van der Waals surface area contributed by atoms with Crippen LogP contribution in [0, 0.1) is 39.5 Å². The van der Waals surface area contributed by atoms with Crippen molar-refractivity contribution in [2.45, 2.75) is 27.7 Å². The Morgan fingerprint density at radius 1 is 1.19 bits per heavy atom. The normalized spacial score (nSPS) is 9.00. The first-order valence-corrected chi connectivity index (χ1v) is 5.15. The Balaban J connectivity index is 3.20. The average molecular weight is 213 g/mol. The molecule has 0 aliphatic heterocycles. The molecule has 0 bridgehead atoms. The molecule has 82 valence electrons. The molecule has 16 heavy (non-hydrogen) atoms. The summed E-state index contributed by atoms with van der Waals surface area (Å²) in [6.45, 7) is 8.53. The second-order valence-electron chi connectivity index (χ2n) is 3.83. The molecule has 0 saturated carbocycles. The molecule has 0 saturated heterocycles. The zero-order valence-electron chi connectivity index (χ0n) is 10.1. The highest BCUT2D eigenvalue weighted by Gasteiger charge is 2.05. The lowest BCUT2D eigenvalue weighted by atomic mass is 9.94. The average Bonchev–Trinajstić information content (AvgIpc) is 2.25. The SMILES string of the molecule is Cc1cc(C)c(C)c(C#CCN=[N+]=[N-])c1C. The quantitative estimate of drug-likeness (QED) is 0.296. The van der Waals surface area contributed by atoms with Crippen molar-refractivity contribution in [3.05, 3.63) is 44.3 Å². The second-order valence-corrected chi connectivity index (χ2v) is 3.83. The molecule has 0 aliphatic rings. The van der Waals surface area contributed by atoms with E-state index < -0.39 is 0 Å². The van der Waals surface area contributed by atoms with E-state index in [1.165, 1.54) is 22.3 Å². The maximum atomic E-state index is 8.15. The van der Waals surface area contributed by atoms with Crippen LogP contribution in [0.3, 0.4) is 0 Å². The lowest BCUT2D eigenvalue weighted by Gasteiger charge is -2.10. The van der Waals surface area contributed by atoms with E-state index in [4.69, 9.17) is 5.53 Å². The van der Waals surface area contributed by atoms with Crippen LogP contribution in [-0.4, -0.2) is 6.54 Å². The fraction of sp³-hybridized carbons (Fsp3) is 0.385. The van der Waals surface area contributed by atoms with E-state index in [9.17, 15) is 0 Å². The Bertz CT molecular complexity index is 486. The molecule has 0 aliphatic carbocycles. The fourth-order valence-electron chi connectivity index (χ4n) is 1.60. The van der Waals surface area contributed by atoms with Gasteiger partial charge in [0.15, 0.2) is 0 Å². The van der Waals surface area contributed by atoms with Crippen molar-refractivity contribution in [1.82, 2.24) is 0 Å². The van der Waals surface area contributed by atoms with Crippen molar-refractivity contribution < 1.29 is 0 Å². The summed E-state index contributed by atoms with van der Waals surface area (Å²) in [5, 5.41) is 3.40. The Labute approximate surface area is 96.1 Å². The zero-order valence-corrected chi connectivity index (χ0v) is 10.1. The summed E-state index contributed by atoms with van der Waals surface area (Å²) in [4.78, 5) is 2.67. The van der Waals surface area contributed by atoms with Gasteiger partial charge in [-0.1, -0.05) is 23.0 Å². The Morgan fingerprint density at radius 3 is 2.25 bits per heavy atom. The molecule has 0 aromatic heterocycles. The number of nitrogens with zero attached hydrogens (tertiary/aromatic N) is 3. The van der Waals surface area contributed by atoms with Gasteiger partial charge in [-0.3, -0.25) is 0 Å². The molecule has 1 aromatic rings. The van der Waals surface area contributed by atoms with E-state index in [1.54, 1.807) is 0 Å². The van der Waals surface area contributed by atoms with Crippen LogP contribution >= 0.6 is 0 Å². The minimum Gasteiger partial charge on any atom is -0.0919 e. The summed E-state index contributed by atoms with van der Waals surface area (Å²) in [6, 6.07) is 2.17. The number of aryl methyl sites for hydroxylation is 2. The molecule has 3 heteroatoms. The monoisotopic (exact) mass is 213 g/mol. The third-order valence-corrected chi connectivity index (χ3v) is 2.79. The highest BCUT2D eigenvalue weighted by Crippen LogP contribution is 2.20. The van der Waals surface area contributed by atoms with Gasteiger partial charge in [-0.2, -0.15) is 0 Å². The first kappa shape index (κ1) is 12.2. The van der Waals surface area contributed by atoms with Gasteiger partial charge >= 0.3 is 0 Å². The molecule has 1 rings (SSSR count). The number of azide groups is 1. The predicted octanol–water partition coefficient (Wildman–Crippen LogP) is 3.58. The molecule has 0 atom stereocenters. The van der Waals surface area contributed by atoms with Gasteiger partial charge in [0.25, 0.3) is 0 Å². The highest BCUT2D eigenvalue weighted by atomic mass is 15.1. The lowest BCUT2D eigenvalue weighted by molar-refractivity contribution is 1.22. The topological polar surface area (TPSA) is 48.8 Å². The number of hydrogen-bond donors (Lipinski definition) is 0. The molecule has 0 radical (unpaired) electrons. The Morgan fingerprint density at radius 2 is 1.75 bits per heavy atom. The number of benzene rings is 1. The molecule has 0 N–H and O–H groups in total. The summed E-state index contributed by atoms with van der Waals surface area (Å²) in [7, 11) is 0. The van der Waals surface area contributed by atoms with Crippen molar-refractivity contribution in [3.63, 3.8) is 0 Å². The summed E-state index contributed by atoms with van der Waals surface area (Å²) in [5.41, 5.74) is 14.1. The third-order valence-electron chi connectivity index (χ3n) is 2.79. The van der Waals surface area contributed by atoms with Crippen molar-refractivity contribution in [2.24, 2.45) is 5.11 Å². The van der Waals surface area contributed by atoms with Gasteiger partial charge in [0.1, 0.15) is 0 Å². The second kappa shape index (κ2) is 5.25. The van der Waals surface area contributed by atoms with Crippen LogP contribution in [0.25, 0.3) is 10.4 Å². The molecule has 3 nitrogen and oxygen atoms in total. The van der Waals surface area contributed by atoms with Crippen LogP contribution in [0.1, 0.15) is 27.8 Å². The van der Waals surface area contributed by atoms with Crippen LogP contribution in [-0.2, 0) is 0 Å². The summed E-state index contributed by atoms with van der Waals surface area (Å²) in [6.07, 6.45) is 0. The van der Waals surface area contributed by atoms with E-state index >= 15 is 0 Å². The van der Waals surface area contributed by atoms with Gasteiger partial charge < -0.3 is 0 Å². The standard InChI is InChI=1S/C13H15N3/c1-9-8-10(2)12(4)13(11(9)3)6-5-7-15-16-14/h8H,7H2,1-4H3. The minimum atomic E-state index is 0.225. The predicted molar refractivity (Wildman–Crippen MR) is 66.3 cm³/mol. The highest BCUT2D eigenvalue weighted by molar-refractivity contribution is 5.52. The maximum absolute atomic E-state index is 8.15. The van der Waals surface area contributed by atoms with E-state index in [2.05, 4.69) is 55.6 Å². The van der Waals surface area contributed by atoms with Crippen LogP contribution in [0.15, 0.2) is 11.2 Å². The molecular formula is C13H15N3. The van der Waals surface area contributed by atoms with Gasteiger partial charge in [0, 0.05) is 10.5 Å². The first-order valence-electron chi connectivity index (χ1n) is 5.15. The van der Waals surface area contributed by atoms with E-state index in [0.717, 1.165) is 5.56 Å². The molecule has 0 spiro atoms. The van der Waals surface area contributed by atoms with Crippen LogP contribution in [0.2, 0.25) is 0 Å². The van der Waals surface area contributed by atoms with Crippen molar-refractivity contribution in [1.29, 1.82) is 0 Å². The number of rotatable bonds is 1. The molecule has 0 unspecified atom stereocenters. The molecular weight excluding hydrogens is 198 g/mol. The van der Waals surface area contributed by atoms with E-state index in [-0.39, 0.29) is 6.54 Å². The van der Waals surface area contributed by atoms with Crippen molar-refractivity contribution in [2.75, 3.05) is 6.54 Å². The van der Waals surface area contributed by atoms with E-state index in [1.807, 2.05) is 0 Å². The minimum absolute atomic E-state index is 0.225. The maximum Gasteiger partial charge on any atom is 0.0880 e. The van der Waals surface area contributed by atoms with Crippen molar-refractivity contribution >= 4 is 0 Å². The van der Waals surface area contributed by atoms with Gasteiger partial charge in [0.2, 0.25) is 0 Å². The van der Waals surface area contributed by atoms with Gasteiger partial charge in [0.05, 0.1) is 6.54 Å². The van der Waals surface area contributed by atoms with Crippen LogP contribution in [0.4, 0.5) is 0 Å². The molecule has 0 heterocycles. The van der Waals surface area contributed by atoms with E-state index in [0.29, 0.717) is 0 Å². The van der Waals surface area contributed by atoms with Crippen LogP contribution < -0.4 is 0 Å². The first-order chi connectivity index (χ1) is 7.57. The summed E-state index contributed by atoms with van der Waals surface area (Å²) < 4.78 is 0. The zero-order chi connectivity index (χ0) is 12.1. The van der Waals surface area contributed by atoms with Gasteiger partial charge in [-0.05, 0) is 55.5 Å². The Kier molecular flexibility index (Phi) is 3.99. The van der Waals surface area contributed by atoms with Crippen molar-refractivity contribution in [3.8, 4) is 11.8 Å². The van der Waals surface area contributed by atoms with Crippen LogP contribution in [0.5, 0.6) is 0 Å². The summed E-state index contributed by atoms with van der Waals surface area (Å²) >= 11 is 0. The fourth-order valence-corrected chi connectivity index (χ4v) is 1.60. The largest absolute Gasteiger partial charge is 0.0919 e. The lowest BCUT2D eigenvalue weighted by Crippen LogP contribution is -1.95. The molecule has 0 fully saturated rings.